The van der Waals surface area contributed by atoms with Gasteiger partial charge >= 0.3 is 0 Å². The van der Waals surface area contributed by atoms with Gasteiger partial charge in [-0.2, -0.15) is 5.26 Å². The number of nitrogens with zero attached hydrogens (tertiary/aromatic N) is 3. The van der Waals surface area contributed by atoms with Crippen molar-refractivity contribution >= 4 is 22.3 Å². The molecule has 0 saturated heterocycles. The summed E-state index contributed by atoms with van der Waals surface area (Å²) in [5, 5.41) is 14.2. The maximum Gasteiger partial charge on any atom is 0.142 e. The first-order chi connectivity index (χ1) is 12.1. The third-order valence-corrected chi connectivity index (χ3v) is 3.82. The quantitative estimate of drug-likeness (QED) is 0.696. The molecule has 124 valence electrons. The molecule has 3 rings (SSSR count). The number of methoxy groups -OCH3 is 1. The van der Waals surface area contributed by atoms with Crippen molar-refractivity contribution in [1.29, 1.82) is 5.26 Å². The van der Waals surface area contributed by atoms with Crippen LogP contribution in [0.1, 0.15) is 0 Å². The van der Waals surface area contributed by atoms with E-state index in [0.29, 0.717) is 23.7 Å². The summed E-state index contributed by atoms with van der Waals surface area (Å²) in [6, 6.07) is 13.6. The molecule has 0 unspecified atom stereocenters. The smallest absolute Gasteiger partial charge is 0.142 e. The van der Waals surface area contributed by atoms with Crippen LogP contribution >= 0.6 is 0 Å². The van der Waals surface area contributed by atoms with E-state index in [1.54, 1.807) is 13.2 Å². The van der Waals surface area contributed by atoms with Gasteiger partial charge in [-0.15, -0.1) is 0 Å². The van der Waals surface area contributed by atoms with Crippen molar-refractivity contribution in [3.63, 3.8) is 0 Å². The van der Waals surface area contributed by atoms with Gasteiger partial charge in [0, 0.05) is 29.1 Å². The summed E-state index contributed by atoms with van der Waals surface area (Å²) in [6.07, 6.45) is 1.44. The van der Waals surface area contributed by atoms with Crippen LogP contribution in [-0.2, 0) is 0 Å². The fourth-order valence-corrected chi connectivity index (χ4v) is 2.58. The first kappa shape index (κ1) is 16.3. The number of nitriles is 1. The second-order valence-electron chi connectivity index (χ2n) is 5.48. The standard InChI is InChI=1S/C19H17N5O/c1-12(9-20)10-22-19-15-7-14(16-8-18(21)24-11-23-16)4-3-13(15)5-6-17(19)25-2/h3-8,11,22H,1,10H2,2H3,(H2,21,23,24). The number of nitrogens with two attached hydrogens (primary N) is 1. The lowest BCUT2D eigenvalue weighted by atomic mass is 10.0. The topological polar surface area (TPSA) is 96.8 Å². The zero-order chi connectivity index (χ0) is 17.8. The molecule has 0 bridgehead atoms. The Kier molecular flexibility index (Phi) is 4.48. The SMILES string of the molecule is C=C(C#N)CNc1c(OC)ccc2ccc(-c3cc(N)ncn3)cc12. The number of nitrogen functional groups attached to an aromatic ring is 1. The number of rotatable bonds is 5. The van der Waals surface area contributed by atoms with E-state index < -0.39 is 0 Å². The summed E-state index contributed by atoms with van der Waals surface area (Å²) in [5.74, 6) is 1.11. The van der Waals surface area contributed by atoms with Crippen LogP contribution in [0.2, 0.25) is 0 Å². The summed E-state index contributed by atoms with van der Waals surface area (Å²) >= 11 is 0. The van der Waals surface area contributed by atoms with Crippen molar-refractivity contribution in [2.75, 3.05) is 24.7 Å². The monoisotopic (exact) mass is 331 g/mol. The molecule has 0 atom stereocenters. The third-order valence-electron chi connectivity index (χ3n) is 3.82. The van der Waals surface area contributed by atoms with Crippen molar-refractivity contribution in [2.45, 2.75) is 0 Å². The number of hydrogen-bond acceptors (Lipinski definition) is 6. The largest absolute Gasteiger partial charge is 0.495 e. The molecule has 0 aliphatic rings. The van der Waals surface area contributed by atoms with E-state index in [0.717, 1.165) is 27.7 Å². The second kappa shape index (κ2) is 6.89. The Labute approximate surface area is 145 Å². The molecule has 0 radical (unpaired) electrons. The number of ether oxygens (including phenoxy) is 1. The Morgan fingerprint density at radius 2 is 2.08 bits per heavy atom. The number of hydrogen-bond donors (Lipinski definition) is 2. The molecule has 2 aromatic carbocycles. The minimum Gasteiger partial charge on any atom is -0.495 e. The Morgan fingerprint density at radius 1 is 1.28 bits per heavy atom. The van der Waals surface area contributed by atoms with Crippen molar-refractivity contribution in [1.82, 2.24) is 9.97 Å². The number of anilines is 2. The van der Waals surface area contributed by atoms with Gasteiger partial charge < -0.3 is 15.8 Å². The van der Waals surface area contributed by atoms with E-state index in [4.69, 9.17) is 15.7 Å². The predicted octanol–water partition coefficient (Wildman–Crippen LogP) is 3.38. The van der Waals surface area contributed by atoms with Gasteiger partial charge in [-0.1, -0.05) is 24.8 Å². The molecule has 1 heterocycles. The molecule has 6 nitrogen and oxygen atoms in total. The Bertz CT molecular complexity index is 991. The molecule has 0 aliphatic carbocycles. The highest BCUT2D eigenvalue weighted by atomic mass is 16.5. The van der Waals surface area contributed by atoms with Gasteiger partial charge in [0.05, 0.1) is 24.6 Å². The van der Waals surface area contributed by atoms with E-state index >= 15 is 0 Å². The molecule has 0 saturated carbocycles. The first-order valence-corrected chi connectivity index (χ1v) is 7.62. The van der Waals surface area contributed by atoms with Gasteiger partial charge in [-0.3, -0.25) is 0 Å². The number of aromatic nitrogens is 2. The average Bonchev–Trinajstić information content (AvgIpc) is 2.65. The zero-order valence-electron chi connectivity index (χ0n) is 13.8. The van der Waals surface area contributed by atoms with Crippen LogP contribution in [-0.4, -0.2) is 23.6 Å². The highest BCUT2D eigenvalue weighted by molar-refractivity contribution is 5.99. The molecule has 25 heavy (non-hydrogen) atoms. The number of fused-ring (bicyclic) bond motifs is 1. The van der Waals surface area contributed by atoms with Crippen LogP contribution in [0.15, 0.2) is 54.9 Å². The van der Waals surface area contributed by atoms with Gasteiger partial charge in [-0.25, -0.2) is 9.97 Å². The summed E-state index contributed by atoms with van der Waals surface area (Å²) in [7, 11) is 1.61. The molecule has 1 aromatic heterocycles. The molecular formula is C19H17N5O. The fourth-order valence-electron chi connectivity index (χ4n) is 2.58. The molecule has 3 aromatic rings. The van der Waals surface area contributed by atoms with Crippen molar-refractivity contribution in [3.05, 3.63) is 54.9 Å². The minimum absolute atomic E-state index is 0.344. The van der Waals surface area contributed by atoms with E-state index in [9.17, 15) is 0 Å². The summed E-state index contributed by atoms with van der Waals surface area (Å²) in [4.78, 5) is 8.20. The highest BCUT2D eigenvalue weighted by Crippen LogP contribution is 2.35. The summed E-state index contributed by atoms with van der Waals surface area (Å²) in [5.41, 5.74) is 8.66. The van der Waals surface area contributed by atoms with Crippen LogP contribution in [0.4, 0.5) is 11.5 Å². The maximum atomic E-state index is 8.92. The van der Waals surface area contributed by atoms with E-state index in [1.165, 1.54) is 6.33 Å². The molecule has 0 spiro atoms. The minimum atomic E-state index is 0.344. The van der Waals surface area contributed by atoms with Crippen LogP contribution in [0.5, 0.6) is 5.75 Å². The molecule has 6 heteroatoms. The number of nitrogens with one attached hydrogen (secondary N) is 1. The summed E-state index contributed by atoms with van der Waals surface area (Å²) < 4.78 is 5.46. The van der Waals surface area contributed by atoms with Gasteiger partial charge in [-0.05, 0) is 17.5 Å². The Hall–Kier alpha value is -3.59. The van der Waals surface area contributed by atoms with Gasteiger partial charge in [0.1, 0.15) is 17.9 Å². The highest BCUT2D eigenvalue weighted by Gasteiger charge is 2.11. The van der Waals surface area contributed by atoms with Crippen molar-refractivity contribution in [2.24, 2.45) is 0 Å². The molecular weight excluding hydrogens is 314 g/mol. The third kappa shape index (κ3) is 3.35. The number of benzene rings is 2. The van der Waals surface area contributed by atoms with Crippen LogP contribution in [0.3, 0.4) is 0 Å². The fraction of sp³-hybridized carbons (Fsp3) is 0.105. The van der Waals surface area contributed by atoms with Crippen LogP contribution < -0.4 is 15.8 Å². The lowest BCUT2D eigenvalue weighted by molar-refractivity contribution is 0.417. The van der Waals surface area contributed by atoms with E-state index in [2.05, 4.69) is 21.9 Å². The van der Waals surface area contributed by atoms with Crippen LogP contribution in [0.25, 0.3) is 22.0 Å². The zero-order valence-corrected chi connectivity index (χ0v) is 13.8. The van der Waals surface area contributed by atoms with Gasteiger partial charge in [0.2, 0.25) is 0 Å². The predicted molar refractivity (Wildman–Crippen MR) is 99.2 cm³/mol. The van der Waals surface area contributed by atoms with E-state index in [1.807, 2.05) is 36.4 Å². The van der Waals surface area contributed by atoms with Crippen molar-refractivity contribution in [3.8, 4) is 23.1 Å². The molecule has 3 N–H and O–H groups in total. The lowest BCUT2D eigenvalue weighted by Crippen LogP contribution is -2.05. The molecule has 0 fully saturated rings. The Balaban J connectivity index is 2.13. The van der Waals surface area contributed by atoms with Gasteiger partial charge in [0.15, 0.2) is 0 Å². The Morgan fingerprint density at radius 3 is 2.80 bits per heavy atom. The normalized spacial score (nSPS) is 10.2. The lowest BCUT2D eigenvalue weighted by Gasteiger charge is -2.15. The van der Waals surface area contributed by atoms with Crippen LogP contribution in [0, 0.1) is 11.3 Å². The molecule has 0 aliphatic heterocycles. The maximum absolute atomic E-state index is 8.92. The average molecular weight is 331 g/mol. The van der Waals surface area contributed by atoms with E-state index in [-0.39, 0.29) is 0 Å². The van der Waals surface area contributed by atoms with Crippen molar-refractivity contribution < 1.29 is 4.74 Å². The van der Waals surface area contributed by atoms with Gasteiger partial charge in [0.25, 0.3) is 0 Å². The second-order valence-corrected chi connectivity index (χ2v) is 5.48. The first-order valence-electron chi connectivity index (χ1n) is 7.62. The summed E-state index contributed by atoms with van der Waals surface area (Å²) in [6.45, 7) is 4.05. The molecule has 0 amide bonds.